The minimum atomic E-state index is -1.07. The fourth-order valence-corrected chi connectivity index (χ4v) is 3.21. The summed E-state index contributed by atoms with van der Waals surface area (Å²) in [4.78, 5) is 35.4. The van der Waals surface area contributed by atoms with E-state index in [0.29, 0.717) is 19.5 Å². The quantitative estimate of drug-likeness (QED) is 0.308. The van der Waals surface area contributed by atoms with Crippen molar-refractivity contribution in [1.29, 1.82) is 10.5 Å². The molecular weight excluding hydrogens is 460 g/mol. The van der Waals surface area contributed by atoms with Crippen molar-refractivity contribution in [1.82, 2.24) is 15.5 Å². The van der Waals surface area contributed by atoms with Gasteiger partial charge in [-0.05, 0) is 37.1 Å². The summed E-state index contributed by atoms with van der Waals surface area (Å²) in [5, 5.41) is 34.8. The molecular formula is C26H26N6O4. The van der Waals surface area contributed by atoms with Gasteiger partial charge in [0.05, 0.1) is 23.3 Å². The maximum Gasteiger partial charge on any atom is 0.317 e. The number of nitrogens with zero attached hydrogens (tertiary/aromatic N) is 4. The van der Waals surface area contributed by atoms with E-state index >= 15 is 0 Å². The Bertz CT molecular complexity index is 1300. The number of fused-ring (bicyclic) bond motifs is 1. The highest BCUT2D eigenvalue weighted by Gasteiger charge is 2.13. The Labute approximate surface area is 208 Å². The van der Waals surface area contributed by atoms with Gasteiger partial charge >= 0.3 is 5.97 Å². The normalized spacial score (nSPS) is 10.1. The monoisotopic (exact) mass is 486 g/mol. The summed E-state index contributed by atoms with van der Waals surface area (Å²) in [6.07, 6.45) is 3.26. The van der Waals surface area contributed by atoms with Gasteiger partial charge in [-0.25, -0.2) is 0 Å². The van der Waals surface area contributed by atoms with Crippen LogP contribution in [0.5, 0.6) is 0 Å². The number of H-pyrrole nitrogens is 1. The van der Waals surface area contributed by atoms with Crippen molar-refractivity contribution in [3.63, 3.8) is 0 Å². The van der Waals surface area contributed by atoms with Gasteiger partial charge in [0.15, 0.2) is 0 Å². The standard InChI is InChI=1S/C23H23N5O2.C3H3NO2/c1-17-7-5-10-19-20(26-27-23(17)19)11-12-22(30)28(18-8-3-2-4-9-18)16-6-15-25-21(29)13-14-24;4-2-1-3(5)6/h2-5,7-12H,6,13,15-16H2,1H3,(H,25,29)(H,26,27);1H2,(H,5,6)/b12-11+;. The first kappa shape index (κ1) is 27.3. The molecule has 0 spiro atoms. The number of para-hydroxylation sites is 2. The van der Waals surface area contributed by atoms with E-state index < -0.39 is 12.4 Å². The Balaban J connectivity index is 0.000000678. The van der Waals surface area contributed by atoms with Crippen LogP contribution < -0.4 is 10.2 Å². The fourth-order valence-electron chi connectivity index (χ4n) is 3.21. The molecule has 0 radical (unpaired) electrons. The predicted octanol–water partition coefficient (Wildman–Crippen LogP) is 3.32. The van der Waals surface area contributed by atoms with Gasteiger partial charge in [-0.3, -0.25) is 19.5 Å². The highest BCUT2D eigenvalue weighted by atomic mass is 16.4. The molecule has 184 valence electrons. The van der Waals surface area contributed by atoms with E-state index in [1.54, 1.807) is 11.0 Å². The number of carboxylic acids is 1. The second kappa shape index (κ2) is 14.3. The van der Waals surface area contributed by atoms with Crippen LogP contribution in [0.15, 0.2) is 54.6 Å². The lowest BCUT2D eigenvalue weighted by molar-refractivity contribution is -0.135. The fraction of sp³-hybridized carbons (Fsp3) is 0.231. The lowest BCUT2D eigenvalue weighted by atomic mass is 10.1. The third-order valence-corrected chi connectivity index (χ3v) is 4.89. The molecule has 0 unspecified atom stereocenters. The number of nitrogens with one attached hydrogen (secondary N) is 2. The first-order valence-corrected chi connectivity index (χ1v) is 11.1. The summed E-state index contributed by atoms with van der Waals surface area (Å²) >= 11 is 0. The first-order valence-electron chi connectivity index (χ1n) is 11.1. The summed E-state index contributed by atoms with van der Waals surface area (Å²) in [7, 11) is 0. The van der Waals surface area contributed by atoms with Gasteiger partial charge in [-0.15, -0.1) is 0 Å². The molecule has 3 aromatic rings. The van der Waals surface area contributed by atoms with Gasteiger partial charge in [-0.2, -0.15) is 15.6 Å². The Morgan fingerprint density at radius 1 is 1.08 bits per heavy atom. The van der Waals surface area contributed by atoms with Crippen LogP contribution in [-0.4, -0.2) is 46.2 Å². The number of nitriles is 2. The highest BCUT2D eigenvalue weighted by molar-refractivity contribution is 6.04. The molecule has 0 saturated heterocycles. The molecule has 36 heavy (non-hydrogen) atoms. The number of carbonyl (C=O) groups excluding carboxylic acids is 2. The first-order chi connectivity index (χ1) is 17.4. The molecule has 3 N–H and O–H groups in total. The van der Waals surface area contributed by atoms with E-state index in [4.69, 9.17) is 15.6 Å². The van der Waals surface area contributed by atoms with Crippen LogP contribution in [0.4, 0.5) is 5.69 Å². The SMILES string of the molecule is Cc1cccc2c(/C=C/C(=O)N(CCCNC(=O)CC#N)c3ccccc3)[nH]nc12.N#CCC(=O)O. The second-order valence-electron chi connectivity index (χ2n) is 7.53. The van der Waals surface area contributed by atoms with Gasteiger partial charge in [-0.1, -0.05) is 36.4 Å². The third-order valence-electron chi connectivity index (χ3n) is 4.89. The molecule has 0 aliphatic rings. The lowest BCUT2D eigenvalue weighted by Gasteiger charge is -2.21. The molecule has 2 amide bonds. The molecule has 0 saturated carbocycles. The van der Waals surface area contributed by atoms with Crippen molar-refractivity contribution in [2.24, 2.45) is 0 Å². The number of hydrogen-bond acceptors (Lipinski definition) is 6. The molecule has 0 aliphatic heterocycles. The van der Waals surface area contributed by atoms with E-state index in [2.05, 4.69) is 15.5 Å². The number of carbonyl (C=O) groups is 3. The van der Waals surface area contributed by atoms with Crippen LogP contribution >= 0.6 is 0 Å². The Morgan fingerprint density at radius 2 is 1.81 bits per heavy atom. The van der Waals surface area contributed by atoms with Crippen LogP contribution in [0.25, 0.3) is 17.0 Å². The molecule has 1 aromatic heterocycles. The molecule has 1 heterocycles. The number of rotatable bonds is 9. The molecule has 0 fully saturated rings. The van der Waals surface area contributed by atoms with Crippen molar-refractivity contribution >= 4 is 40.4 Å². The number of aliphatic carboxylic acids is 1. The molecule has 3 rings (SSSR count). The maximum absolute atomic E-state index is 12.9. The zero-order chi connectivity index (χ0) is 26.3. The summed E-state index contributed by atoms with van der Waals surface area (Å²) < 4.78 is 0. The van der Waals surface area contributed by atoms with Crippen molar-refractivity contribution in [3.8, 4) is 12.1 Å². The highest BCUT2D eigenvalue weighted by Crippen LogP contribution is 2.20. The smallest absolute Gasteiger partial charge is 0.317 e. The number of hydrogen-bond donors (Lipinski definition) is 3. The summed E-state index contributed by atoms with van der Waals surface area (Å²) in [5.74, 6) is -1.55. The molecule has 0 bridgehead atoms. The number of aryl methyl sites for hydroxylation is 1. The van der Waals surface area contributed by atoms with E-state index in [1.165, 1.54) is 12.1 Å². The zero-order valence-corrected chi connectivity index (χ0v) is 19.8. The van der Waals surface area contributed by atoms with E-state index in [1.807, 2.05) is 61.5 Å². The number of amides is 2. The number of benzene rings is 2. The van der Waals surface area contributed by atoms with Crippen molar-refractivity contribution in [2.75, 3.05) is 18.0 Å². The largest absolute Gasteiger partial charge is 0.480 e. The lowest BCUT2D eigenvalue weighted by Crippen LogP contribution is -2.33. The molecule has 0 atom stereocenters. The molecule has 2 aromatic carbocycles. The van der Waals surface area contributed by atoms with Crippen molar-refractivity contribution < 1.29 is 19.5 Å². The summed E-state index contributed by atoms with van der Waals surface area (Å²) in [5.41, 5.74) is 3.51. The third kappa shape index (κ3) is 8.43. The summed E-state index contributed by atoms with van der Waals surface area (Å²) in [6.45, 7) is 2.82. The molecule has 10 heteroatoms. The van der Waals surface area contributed by atoms with Crippen LogP contribution in [0.3, 0.4) is 0 Å². The van der Waals surface area contributed by atoms with Gasteiger partial charge < -0.3 is 15.3 Å². The van der Waals surface area contributed by atoms with Gasteiger partial charge in [0.2, 0.25) is 5.91 Å². The van der Waals surface area contributed by atoms with Crippen LogP contribution in [0.1, 0.15) is 30.5 Å². The minimum absolute atomic E-state index is 0.165. The number of carboxylic acid groups (broad SMARTS) is 1. The summed E-state index contributed by atoms with van der Waals surface area (Å²) in [6, 6.07) is 18.6. The predicted molar refractivity (Wildman–Crippen MR) is 134 cm³/mol. The van der Waals surface area contributed by atoms with E-state index in [-0.39, 0.29) is 18.2 Å². The topological polar surface area (TPSA) is 163 Å². The van der Waals surface area contributed by atoms with Crippen molar-refractivity contribution in [3.05, 3.63) is 65.9 Å². The van der Waals surface area contributed by atoms with E-state index in [9.17, 15) is 14.4 Å². The minimum Gasteiger partial charge on any atom is -0.480 e. The van der Waals surface area contributed by atoms with Gasteiger partial charge in [0, 0.05) is 30.2 Å². The molecule has 10 nitrogen and oxygen atoms in total. The van der Waals surface area contributed by atoms with Crippen LogP contribution in [0.2, 0.25) is 0 Å². The number of anilines is 1. The number of aromatic amines is 1. The second-order valence-corrected chi connectivity index (χ2v) is 7.53. The Kier molecular flexibility index (Phi) is 10.9. The molecule has 0 aliphatic carbocycles. The zero-order valence-electron chi connectivity index (χ0n) is 19.8. The van der Waals surface area contributed by atoms with Crippen LogP contribution in [-0.2, 0) is 14.4 Å². The van der Waals surface area contributed by atoms with Crippen LogP contribution in [0, 0.1) is 29.6 Å². The Hall–Kier alpha value is -4.96. The average Bonchev–Trinajstić information content (AvgIpc) is 3.28. The number of aromatic nitrogens is 2. The maximum atomic E-state index is 12.9. The van der Waals surface area contributed by atoms with Gasteiger partial charge in [0.1, 0.15) is 12.8 Å². The van der Waals surface area contributed by atoms with Crippen molar-refractivity contribution in [2.45, 2.75) is 26.2 Å². The average molecular weight is 487 g/mol. The van der Waals surface area contributed by atoms with E-state index in [0.717, 1.165) is 27.8 Å². The van der Waals surface area contributed by atoms with Gasteiger partial charge in [0.25, 0.3) is 5.91 Å². The Morgan fingerprint density at radius 3 is 2.44 bits per heavy atom.